The molecule has 1 aliphatic carbocycles. The lowest BCUT2D eigenvalue weighted by atomic mass is 10.00. The van der Waals surface area contributed by atoms with Gasteiger partial charge in [0.25, 0.3) is 5.91 Å². The molecule has 21 heavy (non-hydrogen) atoms. The Morgan fingerprint density at radius 2 is 2.10 bits per heavy atom. The molecule has 0 atom stereocenters. The van der Waals surface area contributed by atoms with Crippen LogP contribution in [0.5, 0.6) is 5.75 Å². The van der Waals surface area contributed by atoms with E-state index in [0.717, 1.165) is 31.2 Å². The molecule has 2 N–H and O–H groups in total. The number of para-hydroxylation sites is 1. The fraction of sp³-hybridized carbons (Fsp3) is 0.500. The van der Waals surface area contributed by atoms with Crippen LogP contribution < -0.4 is 15.4 Å². The Kier molecular flexibility index (Phi) is 5.18. The van der Waals surface area contributed by atoms with Gasteiger partial charge in [-0.05, 0) is 38.8 Å². The van der Waals surface area contributed by atoms with Gasteiger partial charge in [0.2, 0.25) is 0 Å². The number of nitrogens with zero attached hydrogens (tertiary/aromatic N) is 1. The lowest BCUT2D eigenvalue weighted by Crippen LogP contribution is -2.47. The number of benzene rings is 1. The molecule has 1 aromatic rings. The minimum absolute atomic E-state index is 0.0653. The van der Waals surface area contributed by atoms with Gasteiger partial charge >= 0.3 is 0 Å². The normalized spacial score (nSPS) is 16.2. The van der Waals surface area contributed by atoms with Crippen LogP contribution in [0, 0.1) is 11.3 Å². The Labute approximate surface area is 125 Å². The van der Waals surface area contributed by atoms with Crippen LogP contribution in [0.3, 0.4) is 0 Å². The van der Waals surface area contributed by atoms with Crippen LogP contribution in [0.15, 0.2) is 24.3 Å². The van der Waals surface area contributed by atoms with E-state index in [9.17, 15) is 10.1 Å². The fourth-order valence-electron chi connectivity index (χ4n) is 2.67. The van der Waals surface area contributed by atoms with E-state index in [4.69, 9.17) is 4.74 Å². The van der Waals surface area contributed by atoms with E-state index in [1.54, 1.807) is 0 Å². The number of rotatable bonds is 6. The smallest absolute Gasteiger partial charge is 0.259 e. The number of carbonyl (C=O) groups is 1. The van der Waals surface area contributed by atoms with Crippen molar-refractivity contribution in [2.24, 2.45) is 0 Å². The predicted molar refractivity (Wildman–Crippen MR) is 79.7 cm³/mol. The lowest BCUT2D eigenvalue weighted by molar-refractivity contribution is -0.124. The van der Waals surface area contributed by atoms with Gasteiger partial charge in [-0.15, -0.1) is 0 Å². The zero-order valence-corrected chi connectivity index (χ0v) is 12.3. The Hall–Kier alpha value is -2.06. The molecule has 0 aliphatic heterocycles. The van der Waals surface area contributed by atoms with Crippen LogP contribution in [0.2, 0.25) is 0 Å². The zero-order chi connectivity index (χ0) is 15.1. The van der Waals surface area contributed by atoms with Gasteiger partial charge < -0.3 is 15.4 Å². The second-order valence-electron chi connectivity index (χ2n) is 5.38. The summed E-state index contributed by atoms with van der Waals surface area (Å²) in [5.41, 5.74) is 0.314. The molecular formula is C16H21N3O2. The van der Waals surface area contributed by atoms with Crippen molar-refractivity contribution >= 4 is 5.91 Å². The highest BCUT2D eigenvalue weighted by atomic mass is 16.5. The molecule has 0 saturated heterocycles. The number of nitriles is 1. The fourth-order valence-corrected chi connectivity index (χ4v) is 2.67. The minimum atomic E-state index is -0.690. The van der Waals surface area contributed by atoms with Gasteiger partial charge in [-0.2, -0.15) is 5.26 Å². The van der Waals surface area contributed by atoms with Gasteiger partial charge in [0.15, 0.2) is 6.61 Å². The number of nitrogens with one attached hydrogen (secondary N) is 2. The van der Waals surface area contributed by atoms with Gasteiger partial charge in [-0.25, -0.2) is 0 Å². The van der Waals surface area contributed by atoms with Crippen LogP contribution in [0.4, 0.5) is 0 Å². The maximum Gasteiger partial charge on any atom is 0.259 e. The maximum absolute atomic E-state index is 12.0. The van der Waals surface area contributed by atoms with Gasteiger partial charge in [0.1, 0.15) is 11.3 Å². The molecule has 0 spiro atoms. The monoisotopic (exact) mass is 287 g/mol. The van der Waals surface area contributed by atoms with Crippen molar-refractivity contribution in [1.29, 1.82) is 5.26 Å². The Balaban J connectivity index is 1.91. The number of carbonyl (C=O) groups excluding carboxylic acids is 1. The average molecular weight is 287 g/mol. The molecule has 0 heterocycles. The highest BCUT2D eigenvalue weighted by molar-refractivity contribution is 5.79. The van der Waals surface area contributed by atoms with Crippen LogP contribution >= 0.6 is 0 Å². The summed E-state index contributed by atoms with van der Waals surface area (Å²) in [5, 5.41) is 15.1. The van der Waals surface area contributed by atoms with E-state index in [-0.39, 0.29) is 12.5 Å². The molecular weight excluding hydrogens is 266 g/mol. The van der Waals surface area contributed by atoms with Crippen LogP contribution in [-0.2, 0) is 11.3 Å². The predicted octanol–water partition coefficient (Wildman–Crippen LogP) is 1.74. The summed E-state index contributed by atoms with van der Waals surface area (Å²) in [6, 6.07) is 9.85. The Morgan fingerprint density at radius 3 is 2.76 bits per heavy atom. The maximum atomic E-state index is 12.0. The van der Waals surface area contributed by atoms with Crippen molar-refractivity contribution in [3.63, 3.8) is 0 Å². The van der Waals surface area contributed by atoms with E-state index >= 15 is 0 Å². The summed E-state index contributed by atoms with van der Waals surface area (Å²) in [7, 11) is 1.86. The summed E-state index contributed by atoms with van der Waals surface area (Å²) in [6.07, 6.45) is 3.43. The van der Waals surface area contributed by atoms with Gasteiger partial charge in [-0.3, -0.25) is 4.79 Å². The molecule has 0 bridgehead atoms. The largest absolute Gasteiger partial charge is 0.483 e. The number of hydrogen-bond acceptors (Lipinski definition) is 4. The summed E-state index contributed by atoms with van der Waals surface area (Å²) >= 11 is 0. The summed E-state index contributed by atoms with van der Waals surface area (Å²) in [5.74, 6) is 0.456. The molecule has 1 fully saturated rings. The molecule has 1 amide bonds. The minimum Gasteiger partial charge on any atom is -0.483 e. The molecule has 0 radical (unpaired) electrons. The number of hydrogen-bond donors (Lipinski definition) is 2. The lowest BCUT2D eigenvalue weighted by Gasteiger charge is -2.22. The second kappa shape index (κ2) is 7.09. The van der Waals surface area contributed by atoms with Crippen LogP contribution in [0.1, 0.15) is 31.2 Å². The van der Waals surface area contributed by atoms with E-state index in [1.807, 2.05) is 31.3 Å². The standard InChI is InChI=1S/C16H21N3O2/c1-18-10-13-6-2-3-7-14(13)21-11-15(20)19-16(12-17)8-4-5-9-16/h2-3,6-7,18H,4-5,8-11H2,1H3,(H,19,20). The van der Waals surface area contributed by atoms with Crippen LogP contribution in [-0.4, -0.2) is 25.1 Å². The van der Waals surface area contributed by atoms with Crippen molar-refractivity contribution < 1.29 is 9.53 Å². The van der Waals surface area contributed by atoms with E-state index in [1.165, 1.54) is 0 Å². The van der Waals surface area contributed by atoms with Gasteiger partial charge in [0, 0.05) is 12.1 Å². The molecule has 112 valence electrons. The SMILES string of the molecule is CNCc1ccccc1OCC(=O)NC1(C#N)CCCC1. The molecule has 5 heteroatoms. The average Bonchev–Trinajstić information content (AvgIpc) is 2.96. The number of amides is 1. The number of ether oxygens (including phenoxy) is 1. The topological polar surface area (TPSA) is 74.2 Å². The van der Waals surface area contributed by atoms with Crippen molar-refractivity contribution in [1.82, 2.24) is 10.6 Å². The van der Waals surface area contributed by atoms with Crippen LogP contribution in [0.25, 0.3) is 0 Å². The van der Waals surface area contributed by atoms with E-state index in [0.29, 0.717) is 12.3 Å². The first-order valence-electron chi connectivity index (χ1n) is 7.27. The van der Waals surface area contributed by atoms with Crippen molar-refractivity contribution in [2.45, 2.75) is 37.8 Å². The zero-order valence-electron chi connectivity index (χ0n) is 12.3. The first-order valence-corrected chi connectivity index (χ1v) is 7.27. The Bertz CT molecular complexity index is 531. The molecule has 0 aromatic heterocycles. The third kappa shape index (κ3) is 3.96. The molecule has 5 nitrogen and oxygen atoms in total. The molecule has 1 saturated carbocycles. The molecule has 1 aromatic carbocycles. The van der Waals surface area contributed by atoms with Gasteiger partial charge in [0.05, 0.1) is 6.07 Å². The van der Waals surface area contributed by atoms with Gasteiger partial charge in [-0.1, -0.05) is 18.2 Å². The first kappa shape index (κ1) is 15.3. The van der Waals surface area contributed by atoms with Crippen molar-refractivity contribution in [2.75, 3.05) is 13.7 Å². The molecule has 2 rings (SSSR count). The quantitative estimate of drug-likeness (QED) is 0.835. The third-order valence-corrected chi connectivity index (χ3v) is 3.75. The second-order valence-corrected chi connectivity index (χ2v) is 5.38. The molecule has 1 aliphatic rings. The highest BCUT2D eigenvalue weighted by Crippen LogP contribution is 2.28. The summed E-state index contributed by atoms with van der Waals surface area (Å²) < 4.78 is 5.59. The van der Waals surface area contributed by atoms with Crippen molar-refractivity contribution in [3.05, 3.63) is 29.8 Å². The Morgan fingerprint density at radius 1 is 1.38 bits per heavy atom. The summed E-state index contributed by atoms with van der Waals surface area (Å²) in [6.45, 7) is 0.615. The van der Waals surface area contributed by atoms with E-state index < -0.39 is 5.54 Å². The highest BCUT2D eigenvalue weighted by Gasteiger charge is 2.35. The first-order chi connectivity index (χ1) is 10.2. The van der Waals surface area contributed by atoms with Crippen molar-refractivity contribution in [3.8, 4) is 11.8 Å². The molecule has 0 unspecified atom stereocenters. The summed E-state index contributed by atoms with van der Waals surface area (Å²) in [4.78, 5) is 12.0. The third-order valence-electron chi connectivity index (χ3n) is 3.75. The van der Waals surface area contributed by atoms with E-state index in [2.05, 4.69) is 16.7 Å².